The summed E-state index contributed by atoms with van der Waals surface area (Å²) in [5.41, 5.74) is 0.686. The van der Waals surface area contributed by atoms with Crippen LogP contribution in [0.15, 0.2) is 16.7 Å². The Labute approximate surface area is 127 Å². The highest BCUT2D eigenvalue weighted by Gasteiger charge is 2.27. The molecule has 1 N–H and O–H groups in total. The lowest BCUT2D eigenvalue weighted by molar-refractivity contribution is -0.131. The van der Waals surface area contributed by atoms with Gasteiger partial charge in [-0.1, -0.05) is 0 Å². The van der Waals surface area contributed by atoms with Crippen LogP contribution in [0.3, 0.4) is 0 Å². The van der Waals surface area contributed by atoms with E-state index in [4.69, 9.17) is 9.47 Å². The second-order valence-corrected chi connectivity index (χ2v) is 5.65. The highest BCUT2D eigenvalue weighted by Crippen LogP contribution is 2.37. The standard InChI is InChI=1S/C14H21BrN2O3/c1-3-19-13(20-4-2)8-16-14(18)12-7-10(15)9-17(12)11-5-6-11/h7,9,11,13H,3-6,8H2,1-2H3,(H,16,18). The highest BCUT2D eigenvalue weighted by molar-refractivity contribution is 9.10. The second kappa shape index (κ2) is 7.24. The van der Waals surface area contributed by atoms with Crippen LogP contribution >= 0.6 is 15.9 Å². The number of hydrogen-bond acceptors (Lipinski definition) is 3. The monoisotopic (exact) mass is 344 g/mol. The number of rotatable bonds is 8. The average molecular weight is 345 g/mol. The molecule has 0 aromatic carbocycles. The van der Waals surface area contributed by atoms with Crippen LogP contribution in [0.2, 0.25) is 0 Å². The maximum absolute atomic E-state index is 12.3. The molecule has 112 valence electrons. The van der Waals surface area contributed by atoms with Crippen molar-refractivity contribution in [3.05, 3.63) is 22.4 Å². The molecule has 20 heavy (non-hydrogen) atoms. The number of ether oxygens (including phenoxy) is 2. The van der Waals surface area contributed by atoms with Crippen molar-refractivity contribution < 1.29 is 14.3 Å². The Morgan fingerprint density at radius 2 is 2.10 bits per heavy atom. The van der Waals surface area contributed by atoms with Crippen LogP contribution in [0.4, 0.5) is 0 Å². The van der Waals surface area contributed by atoms with Gasteiger partial charge < -0.3 is 19.4 Å². The molecule has 0 unspecified atom stereocenters. The summed E-state index contributed by atoms with van der Waals surface area (Å²) < 4.78 is 13.8. The zero-order chi connectivity index (χ0) is 14.5. The summed E-state index contributed by atoms with van der Waals surface area (Å²) in [5.74, 6) is -0.0907. The minimum absolute atomic E-state index is 0.0907. The topological polar surface area (TPSA) is 52.5 Å². The number of carbonyl (C=O) groups excluding carboxylic acids is 1. The fourth-order valence-electron chi connectivity index (χ4n) is 2.09. The van der Waals surface area contributed by atoms with Crippen LogP contribution in [-0.4, -0.2) is 36.5 Å². The van der Waals surface area contributed by atoms with Gasteiger partial charge in [0.15, 0.2) is 6.29 Å². The van der Waals surface area contributed by atoms with E-state index in [0.29, 0.717) is 31.5 Å². The molecular weight excluding hydrogens is 324 g/mol. The van der Waals surface area contributed by atoms with E-state index in [1.807, 2.05) is 30.7 Å². The Bertz CT molecular complexity index is 451. The first-order chi connectivity index (χ1) is 9.65. The van der Waals surface area contributed by atoms with Crippen LogP contribution in [0.1, 0.15) is 43.2 Å². The van der Waals surface area contributed by atoms with Crippen molar-refractivity contribution in [2.24, 2.45) is 0 Å². The van der Waals surface area contributed by atoms with E-state index in [0.717, 1.165) is 17.3 Å². The van der Waals surface area contributed by atoms with Gasteiger partial charge in [0, 0.05) is 29.9 Å². The van der Waals surface area contributed by atoms with Crippen molar-refractivity contribution in [1.82, 2.24) is 9.88 Å². The largest absolute Gasteiger partial charge is 0.351 e. The smallest absolute Gasteiger partial charge is 0.268 e. The number of carbonyl (C=O) groups is 1. The number of halogens is 1. The fourth-order valence-corrected chi connectivity index (χ4v) is 2.52. The highest BCUT2D eigenvalue weighted by atomic mass is 79.9. The molecule has 0 spiro atoms. The van der Waals surface area contributed by atoms with Gasteiger partial charge in [-0.25, -0.2) is 0 Å². The molecule has 6 heteroatoms. The van der Waals surface area contributed by atoms with Crippen molar-refractivity contribution in [3.63, 3.8) is 0 Å². The molecule has 2 rings (SSSR count). The summed E-state index contributed by atoms with van der Waals surface area (Å²) in [6.07, 6.45) is 3.86. The molecule has 1 aromatic rings. The fraction of sp³-hybridized carbons (Fsp3) is 0.643. The van der Waals surface area contributed by atoms with E-state index >= 15 is 0 Å². The van der Waals surface area contributed by atoms with Gasteiger partial charge in [0.1, 0.15) is 5.69 Å². The summed E-state index contributed by atoms with van der Waals surface area (Å²) in [7, 11) is 0. The summed E-state index contributed by atoms with van der Waals surface area (Å²) >= 11 is 3.43. The minimum Gasteiger partial charge on any atom is -0.351 e. The zero-order valence-electron chi connectivity index (χ0n) is 11.9. The Hall–Kier alpha value is -0.850. The van der Waals surface area contributed by atoms with E-state index in [2.05, 4.69) is 21.2 Å². The van der Waals surface area contributed by atoms with Gasteiger partial charge in [-0.15, -0.1) is 0 Å². The first kappa shape index (κ1) is 15.5. The van der Waals surface area contributed by atoms with E-state index < -0.39 is 0 Å². The normalized spacial score (nSPS) is 14.8. The maximum Gasteiger partial charge on any atom is 0.268 e. The van der Waals surface area contributed by atoms with Gasteiger partial charge in [0.25, 0.3) is 5.91 Å². The van der Waals surface area contributed by atoms with Crippen LogP contribution in [0.25, 0.3) is 0 Å². The van der Waals surface area contributed by atoms with Gasteiger partial charge >= 0.3 is 0 Å². The van der Waals surface area contributed by atoms with Crippen molar-refractivity contribution in [1.29, 1.82) is 0 Å². The molecule has 1 aliphatic carbocycles. The van der Waals surface area contributed by atoms with E-state index in [-0.39, 0.29) is 12.2 Å². The molecule has 1 aliphatic rings. The molecule has 1 fully saturated rings. The lowest BCUT2D eigenvalue weighted by Gasteiger charge is -2.17. The SMILES string of the molecule is CCOC(CNC(=O)c1cc(Br)cn1C1CC1)OCC. The lowest BCUT2D eigenvalue weighted by Crippen LogP contribution is -2.36. The molecule has 0 radical (unpaired) electrons. The van der Waals surface area contributed by atoms with Crippen molar-refractivity contribution >= 4 is 21.8 Å². The third-order valence-corrected chi connectivity index (χ3v) is 3.56. The first-order valence-electron chi connectivity index (χ1n) is 7.04. The molecule has 1 amide bonds. The predicted molar refractivity (Wildman–Crippen MR) is 79.8 cm³/mol. The lowest BCUT2D eigenvalue weighted by atomic mass is 10.4. The van der Waals surface area contributed by atoms with E-state index in [9.17, 15) is 4.79 Å². The van der Waals surface area contributed by atoms with Crippen molar-refractivity contribution in [2.45, 2.75) is 39.0 Å². The van der Waals surface area contributed by atoms with E-state index in [1.165, 1.54) is 0 Å². The molecule has 5 nitrogen and oxygen atoms in total. The summed E-state index contributed by atoms with van der Waals surface area (Å²) in [5, 5.41) is 2.87. The molecule has 0 atom stereocenters. The Morgan fingerprint density at radius 3 is 2.65 bits per heavy atom. The second-order valence-electron chi connectivity index (χ2n) is 4.73. The summed E-state index contributed by atoms with van der Waals surface area (Å²) in [6, 6.07) is 2.32. The number of nitrogens with zero attached hydrogens (tertiary/aromatic N) is 1. The molecular formula is C14H21BrN2O3. The third-order valence-electron chi connectivity index (χ3n) is 3.12. The summed E-state index contributed by atoms with van der Waals surface area (Å²) in [4.78, 5) is 12.3. The van der Waals surface area contributed by atoms with Gasteiger partial charge in [0.2, 0.25) is 0 Å². The Kier molecular flexibility index (Phi) is 5.63. The molecule has 1 aromatic heterocycles. The van der Waals surface area contributed by atoms with Crippen LogP contribution < -0.4 is 5.32 Å². The predicted octanol–water partition coefficient (Wildman–Crippen LogP) is 2.71. The maximum atomic E-state index is 12.3. The Morgan fingerprint density at radius 1 is 1.45 bits per heavy atom. The van der Waals surface area contributed by atoms with Gasteiger partial charge in [-0.3, -0.25) is 4.79 Å². The van der Waals surface area contributed by atoms with Crippen LogP contribution in [0.5, 0.6) is 0 Å². The summed E-state index contributed by atoms with van der Waals surface area (Å²) in [6.45, 7) is 5.29. The first-order valence-corrected chi connectivity index (χ1v) is 7.83. The number of amides is 1. The number of aromatic nitrogens is 1. The van der Waals surface area contributed by atoms with Gasteiger partial charge in [-0.05, 0) is 48.7 Å². The third kappa shape index (κ3) is 4.07. The average Bonchev–Trinajstić information content (AvgIpc) is 3.19. The molecule has 1 heterocycles. The van der Waals surface area contributed by atoms with Crippen LogP contribution in [0, 0.1) is 0 Å². The molecule has 0 saturated heterocycles. The van der Waals surface area contributed by atoms with Crippen molar-refractivity contribution in [2.75, 3.05) is 19.8 Å². The van der Waals surface area contributed by atoms with Crippen molar-refractivity contribution in [3.8, 4) is 0 Å². The molecule has 0 aliphatic heterocycles. The number of hydrogen-bond donors (Lipinski definition) is 1. The Balaban J connectivity index is 1.94. The van der Waals surface area contributed by atoms with Crippen LogP contribution in [-0.2, 0) is 9.47 Å². The van der Waals surface area contributed by atoms with Gasteiger partial charge in [-0.2, -0.15) is 0 Å². The quantitative estimate of drug-likeness (QED) is 0.737. The minimum atomic E-state index is -0.387. The van der Waals surface area contributed by atoms with Gasteiger partial charge in [0.05, 0.1) is 6.54 Å². The molecule has 1 saturated carbocycles. The number of nitrogens with one attached hydrogen (secondary N) is 1. The molecule has 0 bridgehead atoms. The van der Waals surface area contributed by atoms with E-state index in [1.54, 1.807) is 0 Å². The zero-order valence-corrected chi connectivity index (χ0v) is 13.5.